The van der Waals surface area contributed by atoms with Crippen molar-refractivity contribution in [1.82, 2.24) is 14.9 Å². The van der Waals surface area contributed by atoms with Gasteiger partial charge in [-0.15, -0.1) is 11.8 Å². The maximum atomic E-state index is 12.9. The molecular weight excluding hydrogens is 464 g/mol. The SMILES string of the molecule is CN/C=C(\SC)c1cc(=O)n(-c2ccc(OCC(F)(F)P)cc2)c(OCC(F)(F)F)n1. The lowest BCUT2D eigenvalue weighted by Crippen LogP contribution is -2.26. The van der Waals surface area contributed by atoms with Gasteiger partial charge in [-0.3, -0.25) is 4.79 Å². The van der Waals surface area contributed by atoms with Gasteiger partial charge in [0.05, 0.1) is 11.4 Å². The summed E-state index contributed by atoms with van der Waals surface area (Å²) in [6.45, 7) is -2.54. The highest BCUT2D eigenvalue weighted by atomic mass is 32.2. The minimum atomic E-state index is -4.65. The van der Waals surface area contributed by atoms with E-state index < -0.39 is 36.6 Å². The Labute approximate surface area is 181 Å². The average molecular weight is 483 g/mol. The molecule has 0 aliphatic heterocycles. The molecule has 0 fully saturated rings. The van der Waals surface area contributed by atoms with Crippen molar-refractivity contribution in [1.29, 1.82) is 0 Å². The number of alkyl halides is 5. The zero-order chi connectivity index (χ0) is 23.2. The lowest BCUT2D eigenvalue weighted by Gasteiger charge is -2.16. The van der Waals surface area contributed by atoms with Crippen LogP contribution in [-0.4, -0.2) is 47.9 Å². The highest BCUT2D eigenvalue weighted by Gasteiger charge is 2.30. The fraction of sp³-hybridized carbons (Fsp3) is 0.333. The van der Waals surface area contributed by atoms with E-state index in [-0.39, 0.29) is 17.1 Å². The Morgan fingerprint density at radius 2 is 1.84 bits per heavy atom. The number of hydrogen-bond donors (Lipinski definition) is 1. The Kier molecular flexibility index (Phi) is 8.30. The van der Waals surface area contributed by atoms with Gasteiger partial charge in [0.25, 0.3) is 11.2 Å². The van der Waals surface area contributed by atoms with Gasteiger partial charge in [0, 0.05) is 24.2 Å². The van der Waals surface area contributed by atoms with E-state index in [0.29, 0.717) is 4.91 Å². The van der Waals surface area contributed by atoms with Gasteiger partial charge in [-0.2, -0.15) is 26.9 Å². The van der Waals surface area contributed by atoms with Crippen molar-refractivity contribution in [2.75, 3.05) is 26.5 Å². The molecule has 0 radical (unpaired) electrons. The minimum Gasteiger partial charge on any atom is -0.487 e. The smallest absolute Gasteiger partial charge is 0.422 e. The number of ether oxygens (including phenoxy) is 2. The maximum absolute atomic E-state index is 12.9. The van der Waals surface area contributed by atoms with Crippen molar-refractivity contribution < 1.29 is 31.4 Å². The van der Waals surface area contributed by atoms with Gasteiger partial charge >= 0.3 is 12.2 Å². The van der Waals surface area contributed by atoms with Crippen LogP contribution in [0.3, 0.4) is 0 Å². The number of rotatable bonds is 9. The van der Waals surface area contributed by atoms with Crippen molar-refractivity contribution in [2.24, 2.45) is 0 Å². The molecule has 31 heavy (non-hydrogen) atoms. The normalized spacial score (nSPS) is 12.6. The third-order valence-corrected chi connectivity index (χ3v) is 4.46. The molecular formula is C18H19F5N3O3PS. The second-order valence-corrected chi connectivity index (χ2v) is 7.74. The summed E-state index contributed by atoms with van der Waals surface area (Å²) in [4.78, 5) is 17.3. The van der Waals surface area contributed by atoms with Crippen LogP contribution >= 0.6 is 21.0 Å². The van der Waals surface area contributed by atoms with E-state index in [1.54, 1.807) is 13.3 Å². The first-order chi connectivity index (χ1) is 14.4. The van der Waals surface area contributed by atoms with Gasteiger partial charge in [-0.05, 0) is 30.5 Å². The van der Waals surface area contributed by atoms with Crippen LogP contribution in [-0.2, 0) is 0 Å². The molecule has 170 valence electrons. The summed E-state index contributed by atoms with van der Waals surface area (Å²) in [5.41, 5.74) is -3.56. The molecule has 2 aromatic rings. The summed E-state index contributed by atoms with van der Waals surface area (Å²) in [6, 6.07) is 5.82. The largest absolute Gasteiger partial charge is 0.487 e. The fourth-order valence-corrected chi connectivity index (χ4v) is 2.94. The molecule has 0 amide bonds. The van der Waals surface area contributed by atoms with Gasteiger partial charge in [0.2, 0.25) is 0 Å². The predicted molar refractivity (Wildman–Crippen MR) is 112 cm³/mol. The molecule has 0 saturated heterocycles. The van der Waals surface area contributed by atoms with E-state index in [9.17, 15) is 26.7 Å². The van der Waals surface area contributed by atoms with Crippen molar-refractivity contribution in [3.8, 4) is 17.4 Å². The summed E-state index contributed by atoms with van der Waals surface area (Å²) in [5.74, 6) is 0.0860. The van der Waals surface area contributed by atoms with Crippen LogP contribution in [0.1, 0.15) is 5.69 Å². The number of thioether (sulfide) groups is 1. The molecule has 0 aliphatic rings. The zero-order valence-corrected chi connectivity index (χ0v) is 18.3. The number of hydrogen-bond acceptors (Lipinski definition) is 6. The summed E-state index contributed by atoms with van der Waals surface area (Å²) < 4.78 is 74.5. The van der Waals surface area contributed by atoms with E-state index in [1.165, 1.54) is 51.5 Å². The predicted octanol–water partition coefficient (Wildman–Crippen LogP) is 3.90. The third-order valence-electron chi connectivity index (χ3n) is 3.53. The van der Waals surface area contributed by atoms with Gasteiger partial charge in [0.1, 0.15) is 5.75 Å². The Morgan fingerprint density at radius 1 is 1.19 bits per heavy atom. The van der Waals surface area contributed by atoms with Crippen molar-refractivity contribution in [3.05, 3.63) is 52.6 Å². The molecule has 0 aliphatic carbocycles. The Hall–Kier alpha value is -2.33. The summed E-state index contributed by atoms with van der Waals surface area (Å²) >= 11 is 1.23. The lowest BCUT2D eigenvalue weighted by atomic mass is 10.3. The maximum Gasteiger partial charge on any atom is 0.422 e. The number of nitrogens with one attached hydrogen (secondary N) is 1. The number of nitrogens with zero attached hydrogens (tertiary/aromatic N) is 2. The van der Waals surface area contributed by atoms with Crippen LogP contribution in [0.25, 0.3) is 10.6 Å². The number of halogens is 5. The molecule has 0 saturated carbocycles. The molecule has 0 bridgehead atoms. The van der Waals surface area contributed by atoms with Gasteiger partial charge in [-0.25, -0.2) is 4.57 Å². The second-order valence-electron chi connectivity index (χ2n) is 6.05. The van der Waals surface area contributed by atoms with E-state index in [0.717, 1.165) is 10.6 Å². The molecule has 13 heteroatoms. The van der Waals surface area contributed by atoms with E-state index in [1.807, 2.05) is 0 Å². The van der Waals surface area contributed by atoms with Crippen molar-refractivity contribution >= 4 is 25.9 Å². The summed E-state index contributed by atoms with van der Waals surface area (Å²) in [5, 5.41) is 2.77. The Balaban J connectivity index is 2.47. The standard InChI is InChI=1S/C18H19F5N3O3PS/c1-24-8-14(31-2)13-7-15(27)26(16(25-13)29-9-17(19,20)21)11-3-5-12(6-4-11)28-10-18(22,23)30/h3-8,24H,9-10,30H2,1-2H3/b14-8-. The first kappa shape index (κ1) is 24.9. The van der Waals surface area contributed by atoms with Crippen LogP contribution in [0, 0.1) is 0 Å². The van der Waals surface area contributed by atoms with Gasteiger partial charge < -0.3 is 14.8 Å². The number of benzene rings is 1. The molecule has 6 nitrogen and oxygen atoms in total. The van der Waals surface area contributed by atoms with Crippen LogP contribution in [0.4, 0.5) is 22.0 Å². The van der Waals surface area contributed by atoms with E-state index in [4.69, 9.17) is 9.47 Å². The fourth-order valence-electron chi connectivity index (χ4n) is 2.31. The van der Waals surface area contributed by atoms with Gasteiger partial charge in [0.15, 0.2) is 13.2 Å². The van der Waals surface area contributed by atoms with E-state index in [2.05, 4.69) is 10.3 Å². The number of aromatic nitrogens is 2. The molecule has 1 aromatic heterocycles. The molecule has 1 atom stereocenters. The first-order valence-corrected chi connectivity index (χ1v) is 10.4. The third kappa shape index (κ3) is 7.70. The monoisotopic (exact) mass is 483 g/mol. The van der Waals surface area contributed by atoms with Crippen molar-refractivity contribution in [2.45, 2.75) is 11.8 Å². The lowest BCUT2D eigenvalue weighted by molar-refractivity contribution is -0.155. The zero-order valence-electron chi connectivity index (χ0n) is 16.4. The molecule has 0 spiro atoms. The highest BCUT2D eigenvalue weighted by molar-refractivity contribution is 8.07. The van der Waals surface area contributed by atoms with Gasteiger partial charge in [-0.1, -0.05) is 9.24 Å². The van der Waals surface area contributed by atoms with E-state index >= 15 is 0 Å². The van der Waals surface area contributed by atoms with Crippen LogP contribution in [0.15, 0.2) is 41.3 Å². The first-order valence-electron chi connectivity index (χ1n) is 8.59. The van der Waals surface area contributed by atoms with Crippen LogP contribution < -0.4 is 20.3 Å². The van der Waals surface area contributed by atoms with Crippen LogP contribution in [0.2, 0.25) is 0 Å². The topological polar surface area (TPSA) is 65.4 Å². The highest BCUT2D eigenvalue weighted by Crippen LogP contribution is 2.27. The molecule has 1 aromatic carbocycles. The average Bonchev–Trinajstić information content (AvgIpc) is 2.68. The van der Waals surface area contributed by atoms with Crippen LogP contribution in [0.5, 0.6) is 11.8 Å². The molecule has 2 rings (SSSR count). The Bertz CT molecular complexity index is 975. The van der Waals surface area contributed by atoms with Crippen molar-refractivity contribution in [3.63, 3.8) is 0 Å². The summed E-state index contributed by atoms with van der Waals surface area (Å²) in [6.07, 6.45) is -1.40. The summed E-state index contributed by atoms with van der Waals surface area (Å²) in [7, 11) is 2.96. The molecule has 1 N–H and O–H groups in total. The Morgan fingerprint density at radius 3 is 2.35 bits per heavy atom. The minimum absolute atomic E-state index is 0.0860. The second kappa shape index (κ2) is 10.3. The molecule has 1 unspecified atom stereocenters. The molecule has 1 heterocycles. The quantitative estimate of drug-likeness (QED) is 0.431.